The Bertz CT molecular complexity index is 868. The van der Waals surface area contributed by atoms with Gasteiger partial charge < -0.3 is 9.47 Å². The van der Waals surface area contributed by atoms with Gasteiger partial charge in [0.15, 0.2) is 11.8 Å². The largest absolute Gasteiger partial charge is 0.482 e. The maximum atomic E-state index is 13.4. The Hall–Kier alpha value is -2.28. The van der Waals surface area contributed by atoms with Gasteiger partial charge in [-0.2, -0.15) is 0 Å². The first-order valence-electron chi connectivity index (χ1n) is 11.7. The van der Waals surface area contributed by atoms with Crippen LogP contribution >= 0.6 is 11.8 Å². The molecule has 1 amide bonds. The SMILES string of the molecule is COC(=O)COc1ccc(C=C2SC(=NC3CCCCC3)N(C3CCCCC3)C2=O)cc1. The second-order valence-corrected chi connectivity index (χ2v) is 9.72. The summed E-state index contributed by atoms with van der Waals surface area (Å²) in [5.41, 5.74) is 0.925. The van der Waals surface area contributed by atoms with Crippen LogP contribution in [0.3, 0.4) is 0 Å². The van der Waals surface area contributed by atoms with Gasteiger partial charge in [-0.15, -0.1) is 0 Å². The summed E-state index contributed by atoms with van der Waals surface area (Å²) in [7, 11) is 1.33. The van der Waals surface area contributed by atoms with Crippen molar-refractivity contribution in [3.8, 4) is 5.75 Å². The fourth-order valence-electron chi connectivity index (χ4n) is 4.62. The van der Waals surface area contributed by atoms with Crippen LogP contribution in [-0.4, -0.2) is 47.7 Å². The zero-order valence-corrected chi connectivity index (χ0v) is 19.6. The molecule has 0 unspecified atom stereocenters. The summed E-state index contributed by atoms with van der Waals surface area (Å²) < 4.78 is 10.00. The van der Waals surface area contributed by atoms with Gasteiger partial charge in [-0.1, -0.05) is 50.7 Å². The molecule has 0 aromatic heterocycles. The monoisotopic (exact) mass is 456 g/mol. The van der Waals surface area contributed by atoms with E-state index in [1.165, 1.54) is 57.4 Å². The van der Waals surface area contributed by atoms with Crippen molar-refractivity contribution in [3.63, 3.8) is 0 Å². The van der Waals surface area contributed by atoms with Gasteiger partial charge in [0.1, 0.15) is 5.75 Å². The third-order valence-electron chi connectivity index (χ3n) is 6.41. The molecule has 2 saturated carbocycles. The van der Waals surface area contributed by atoms with Crippen molar-refractivity contribution in [1.29, 1.82) is 0 Å². The molecule has 1 heterocycles. The highest BCUT2D eigenvalue weighted by Crippen LogP contribution is 2.38. The summed E-state index contributed by atoms with van der Waals surface area (Å²) in [4.78, 5) is 32.5. The molecule has 3 aliphatic rings. The molecule has 0 bridgehead atoms. The molecule has 1 aromatic rings. The third-order valence-corrected chi connectivity index (χ3v) is 7.40. The minimum atomic E-state index is -0.420. The lowest BCUT2D eigenvalue weighted by Gasteiger charge is -2.31. The lowest BCUT2D eigenvalue weighted by Crippen LogP contribution is -2.41. The van der Waals surface area contributed by atoms with E-state index in [2.05, 4.69) is 4.74 Å². The number of esters is 1. The number of rotatable bonds is 6. The highest BCUT2D eigenvalue weighted by Gasteiger charge is 2.39. The number of aliphatic imine (C=N–C) groups is 1. The maximum Gasteiger partial charge on any atom is 0.343 e. The van der Waals surface area contributed by atoms with Crippen molar-refractivity contribution in [2.24, 2.45) is 4.99 Å². The number of hydrogen-bond acceptors (Lipinski definition) is 6. The highest BCUT2D eigenvalue weighted by molar-refractivity contribution is 8.18. The van der Waals surface area contributed by atoms with E-state index in [-0.39, 0.29) is 18.6 Å². The summed E-state index contributed by atoms with van der Waals surface area (Å²) in [6.45, 7) is -0.122. The highest BCUT2D eigenvalue weighted by atomic mass is 32.2. The molecule has 1 saturated heterocycles. The van der Waals surface area contributed by atoms with Gasteiger partial charge in [0, 0.05) is 6.04 Å². The zero-order valence-electron chi connectivity index (χ0n) is 18.8. The second-order valence-electron chi connectivity index (χ2n) is 8.71. The fourth-order valence-corrected chi connectivity index (χ4v) is 5.73. The first kappa shape index (κ1) is 22.9. The molecule has 0 N–H and O–H groups in total. The first-order valence-corrected chi connectivity index (χ1v) is 12.6. The predicted octanol–water partition coefficient (Wildman–Crippen LogP) is 5.18. The van der Waals surface area contributed by atoms with Crippen LogP contribution in [-0.2, 0) is 14.3 Å². The lowest BCUT2D eigenvalue weighted by molar-refractivity contribution is -0.142. The van der Waals surface area contributed by atoms with Crippen LogP contribution in [0.25, 0.3) is 6.08 Å². The molecule has 172 valence electrons. The van der Waals surface area contributed by atoms with E-state index in [0.717, 1.165) is 41.3 Å². The van der Waals surface area contributed by atoms with Gasteiger partial charge in [-0.05, 0) is 61.2 Å². The molecular weight excluding hydrogens is 424 g/mol. The second kappa shape index (κ2) is 11.0. The van der Waals surface area contributed by atoms with Crippen LogP contribution in [0.15, 0.2) is 34.2 Å². The number of thioether (sulfide) groups is 1. The van der Waals surface area contributed by atoms with E-state index >= 15 is 0 Å². The molecule has 6 nitrogen and oxygen atoms in total. The molecule has 3 fully saturated rings. The Kier molecular flexibility index (Phi) is 7.90. The van der Waals surface area contributed by atoms with Gasteiger partial charge in [0.25, 0.3) is 5.91 Å². The molecule has 1 aliphatic heterocycles. The van der Waals surface area contributed by atoms with Crippen LogP contribution in [0.5, 0.6) is 5.75 Å². The van der Waals surface area contributed by atoms with Crippen molar-refractivity contribution >= 4 is 34.9 Å². The number of benzene rings is 1. The summed E-state index contributed by atoms with van der Waals surface area (Å²) in [5, 5.41) is 0.901. The number of carbonyl (C=O) groups is 2. The van der Waals surface area contributed by atoms with Crippen molar-refractivity contribution in [3.05, 3.63) is 34.7 Å². The van der Waals surface area contributed by atoms with Crippen LogP contribution in [0, 0.1) is 0 Å². The maximum absolute atomic E-state index is 13.4. The van der Waals surface area contributed by atoms with E-state index < -0.39 is 5.97 Å². The minimum absolute atomic E-state index is 0.0856. The number of hydrogen-bond donors (Lipinski definition) is 0. The van der Waals surface area contributed by atoms with Crippen LogP contribution in [0.2, 0.25) is 0 Å². The Morgan fingerprint density at radius 3 is 2.38 bits per heavy atom. The van der Waals surface area contributed by atoms with Gasteiger partial charge in [0.05, 0.1) is 18.1 Å². The van der Waals surface area contributed by atoms with E-state index in [0.29, 0.717) is 11.8 Å². The quantitative estimate of drug-likeness (QED) is 0.436. The van der Waals surface area contributed by atoms with Gasteiger partial charge in [-0.25, -0.2) is 4.79 Å². The number of nitrogens with zero attached hydrogens (tertiary/aromatic N) is 2. The number of ether oxygens (including phenoxy) is 2. The topological polar surface area (TPSA) is 68.2 Å². The summed E-state index contributed by atoms with van der Waals surface area (Å²) in [6.07, 6.45) is 13.7. The molecule has 1 aromatic carbocycles. The number of amidine groups is 1. The third kappa shape index (κ3) is 5.74. The van der Waals surface area contributed by atoms with Gasteiger partial charge in [0.2, 0.25) is 0 Å². The Morgan fingerprint density at radius 2 is 1.72 bits per heavy atom. The zero-order chi connectivity index (χ0) is 22.3. The van der Waals surface area contributed by atoms with E-state index in [4.69, 9.17) is 9.73 Å². The molecule has 0 spiro atoms. The molecule has 7 heteroatoms. The number of carbonyl (C=O) groups excluding carboxylic acids is 2. The average Bonchev–Trinajstić information content (AvgIpc) is 3.13. The van der Waals surface area contributed by atoms with E-state index in [1.54, 1.807) is 12.1 Å². The molecule has 4 rings (SSSR count). The molecule has 0 radical (unpaired) electrons. The lowest BCUT2D eigenvalue weighted by atomic mass is 9.94. The van der Waals surface area contributed by atoms with Crippen LogP contribution < -0.4 is 4.74 Å². The summed E-state index contributed by atoms with van der Waals surface area (Å²) in [6, 6.07) is 8.01. The van der Waals surface area contributed by atoms with E-state index in [1.807, 2.05) is 23.1 Å². The molecule has 2 aliphatic carbocycles. The van der Waals surface area contributed by atoms with Crippen molar-refractivity contribution in [2.45, 2.75) is 76.3 Å². The number of amides is 1. The van der Waals surface area contributed by atoms with Crippen molar-refractivity contribution < 1.29 is 19.1 Å². The molecule has 32 heavy (non-hydrogen) atoms. The normalized spacial score (nSPS) is 23.2. The number of methoxy groups -OCH3 is 1. The Morgan fingerprint density at radius 1 is 1.06 bits per heavy atom. The van der Waals surface area contributed by atoms with Crippen molar-refractivity contribution in [2.75, 3.05) is 13.7 Å². The van der Waals surface area contributed by atoms with Crippen molar-refractivity contribution in [1.82, 2.24) is 4.90 Å². The average molecular weight is 457 g/mol. The predicted molar refractivity (Wildman–Crippen MR) is 128 cm³/mol. The molecular formula is C25H32N2O4S. The van der Waals surface area contributed by atoms with Crippen LogP contribution in [0.4, 0.5) is 0 Å². The van der Waals surface area contributed by atoms with Gasteiger partial charge >= 0.3 is 5.97 Å². The van der Waals surface area contributed by atoms with E-state index in [9.17, 15) is 9.59 Å². The minimum Gasteiger partial charge on any atom is -0.482 e. The molecule has 0 atom stereocenters. The summed E-state index contributed by atoms with van der Waals surface area (Å²) >= 11 is 1.53. The Balaban J connectivity index is 1.51. The van der Waals surface area contributed by atoms with Gasteiger partial charge in [-0.3, -0.25) is 14.7 Å². The fraction of sp³-hybridized carbons (Fsp3) is 0.560. The Labute approximate surface area is 194 Å². The first-order chi connectivity index (χ1) is 15.6. The summed E-state index contributed by atoms with van der Waals surface area (Å²) in [5.74, 6) is 0.255. The smallest absolute Gasteiger partial charge is 0.343 e. The standard InChI is InChI=1S/C25H32N2O4S/c1-30-23(28)17-31-21-14-12-18(13-15-21)16-22-24(29)27(20-10-6-3-7-11-20)25(32-22)26-19-8-4-2-5-9-19/h12-16,19-20H,2-11,17H2,1H3. The van der Waals surface area contributed by atoms with Crippen LogP contribution in [0.1, 0.15) is 69.8 Å².